The summed E-state index contributed by atoms with van der Waals surface area (Å²) in [4.78, 5) is 7.22. The Kier molecular flexibility index (Phi) is 9.35. The smallest absolute Gasteiger partial charge is 0.198 e. The van der Waals surface area contributed by atoms with Crippen molar-refractivity contribution in [3.8, 4) is 11.8 Å². The standard InChI is InChI=1S/C30H35N5O/c31-17-4-18-33-30(35-19-15-25(16-20-35)21-24-5-2-1-3-6-24)34-28-11-13-29(14-12-28)36-23-27-9-7-26(22-32)8-10-27/h1-3,5-14,25H,4,15-21,23,31H2,(H,33,34). The summed E-state index contributed by atoms with van der Waals surface area (Å²) in [6.07, 6.45) is 4.34. The molecule has 36 heavy (non-hydrogen) atoms. The zero-order valence-corrected chi connectivity index (χ0v) is 20.8. The van der Waals surface area contributed by atoms with Gasteiger partial charge in [-0.1, -0.05) is 42.5 Å². The number of hydrogen-bond acceptors (Lipinski definition) is 4. The number of rotatable bonds is 9. The van der Waals surface area contributed by atoms with Gasteiger partial charge < -0.3 is 20.7 Å². The van der Waals surface area contributed by atoms with Crippen molar-refractivity contribution in [2.24, 2.45) is 16.6 Å². The van der Waals surface area contributed by atoms with Gasteiger partial charge in [-0.3, -0.25) is 4.99 Å². The number of hydrogen-bond donors (Lipinski definition) is 2. The lowest BCUT2D eigenvalue weighted by atomic mass is 9.90. The highest BCUT2D eigenvalue weighted by Crippen LogP contribution is 2.23. The highest BCUT2D eigenvalue weighted by atomic mass is 16.5. The highest BCUT2D eigenvalue weighted by molar-refractivity contribution is 5.93. The molecule has 3 aromatic carbocycles. The van der Waals surface area contributed by atoms with E-state index >= 15 is 0 Å². The van der Waals surface area contributed by atoms with Gasteiger partial charge in [0, 0.05) is 25.3 Å². The number of aliphatic imine (C=N–C) groups is 1. The monoisotopic (exact) mass is 481 g/mol. The van der Waals surface area contributed by atoms with Crippen molar-refractivity contribution >= 4 is 11.6 Å². The summed E-state index contributed by atoms with van der Waals surface area (Å²) in [5.41, 5.74) is 9.80. The molecule has 4 rings (SSSR count). The van der Waals surface area contributed by atoms with Crippen molar-refractivity contribution in [3.05, 3.63) is 95.6 Å². The van der Waals surface area contributed by atoms with Crippen LogP contribution in [0.15, 0.2) is 83.9 Å². The molecule has 1 heterocycles. The number of anilines is 1. The fourth-order valence-corrected chi connectivity index (χ4v) is 4.40. The number of ether oxygens (including phenoxy) is 1. The third kappa shape index (κ3) is 7.59. The fraction of sp³-hybridized carbons (Fsp3) is 0.333. The number of benzene rings is 3. The van der Waals surface area contributed by atoms with Crippen LogP contribution in [-0.4, -0.2) is 37.0 Å². The van der Waals surface area contributed by atoms with Crippen LogP contribution in [0.2, 0.25) is 0 Å². The van der Waals surface area contributed by atoms with E-state index in [9.17, 15) is 0 Å². The molecule has 0 spiro atoms. The average Bonchev–Trinajstić information content (AvgIpc) is 2.93. The normalized spacial score (nSPS) is 14.3. The molecule has 1 aliphatic rings. The molecule has 0 radical (unpaired) electrons. The van der Waals surface area contributed by atoms with Gasteiger partial charge in [0.05, 0.1) is 11.6 Å². The lowest BCUT2D eigenvalue weighted by Crippen LogP contribution is -2.42. The summed E-state index contributed by atoms with van der Waals surface area (Å²) in [6.45, 7) is 3.81. The third-order valence-corrected chi connectivity index (χ3v) is 6.50. The number of guanidine groups is 1. The molecule has 0 amide bonds. The Bertz CT molecular complexity index is 1130. The Labute approximate surface area is 214 Å². The molecule has 0 unspecified atom stereocenters. The molecule has 1 fully saturated rings. The van der Waals surface area contributed by atoms with Gasteiger partial charge in [0.15, 0.2) is 5.96 Å². The molecule has 6 heteroatoms. The SMILES string of the molecule is N#Cc1ccc(COc2ccc(NC(=NCCCN)N3CCC(Cc4ccccc4)CC3)cc2)cc1. The second-order valence-corrected chi connectivity index (χ2v) is 9.21. The Morgan fingerprint density at radius 3 is 2.36 bits per heavy atom. The van der Waals surface area contributed by atoms with Crippen LogP contribution in [0.25, 0.3) is 0 Å². The second kappa shape index (κ2) is 13.3. The Balaban J connectivity index is 1.32. The molecule has 186 valence electrons. The van der Waals surface area contributed by atoms with Gasteiger partial charge in [0.1, 0.15) is 12.4 Å². The predicted octanol–water partition coefficient (Wildman–Crippen LogP) is 5.21. The van der Waals surface area contributed by atoms with E-state index in [0.29, 0.717) is 31.2 Å². The van der Waals surface area contributed by atoms with Crippen LogP contribution in [0.5, 0.6) is 5.75 Å². The summed E-state index contributed by atoms with van der Waals surface area (Å²) in [7, 11) is 0. The molecular formula is C30H35N5O. The van der Waals surface area contributed by atoms with Crippen LogP contribution in [0.1, 0.15) is 36.0 Å². The maximum atomic E-state index is 8.93. The minimum Gasteiger partial charge on any atom is -0.489 e. The van der Waals surface area contributed by atoms with Crippen molar-refractivity contribution in [1.82, 2.24) is 4.90 Å². The zero-order valence-electron chi connectivity index (χ0n) is 20.8. The predicted molar refractivity (Wildman–Crippen MR) is 146 cm³/mol. The van der Waals surface area contributed by atoms with Crippen molar-refractivity contribution in [2.75, 3.05) is 31.5 Å². The first-order valence-electron chi connectivity index (χ1n) is 12.8. The van der Waals surface area contributed by atoms with E-state index in [1.807, 2.05) is 48.5 Å². The fourth-order valence-electron chi connectivity index (χ4n) is 4.40. The first-order chi connectivity index (χ1) is 17.7. The molecule has 0 aliphatic carbocycles. The number of nitrogens with one attached hydrogen (secondary N) is 1. The van der Waals surface area contributed by atoms with E-state index < -0.39 is 0 Å². The molecule has 0 atom stereocenters. The molecule has 0 bridgehead atoms. The number of nitriles is 1. The maximum absolute atomic E-state index is 8.93. The number of nitrogens with zero attached hydrogens (tertiary/aromatic N) is 3. The van der Waals surface area contributed by atoms with Gasteiger partial charge in [-0.15, -0.1) is 0 Å². The number of likely N-dealkylation sites (tertiary alicyclic amines) is 1. The van der Waals surface area contributed by atoms with Crippen LogP contribution in [-0.2, 0) is 13.0 Å². The van der Waals surface area contributed by atoms with Gasteiger partial charge >= 0.3 is 0 Å². The van der Waals surface area contributed by atoms with Gasteiger partial charge in [-0.2, -0.15) is 5.26 Å². The van der Waals surface area contributed by atoms with Crippen LogP contribution < -0.4 is 15.8 Å². The van der Waals surface area contributed by atoms with E-state index in [0.717, 1.165) is 61.7 Å². The maximum Gasteiger partial charge on any atom is 0.198 e. The Morgan fingerprint density at radius 1 is 0.972 bits per heavy atom. The van der Waals surface area contributed by atoms with Gasteiger partial charge in [-0.05, 0) is 85.7 Å². The van der Waals surface area contributed by atoms with Gasteiger partial charge in [0.2, 0.25) is 0 Å². The first-order valence-corrected chi connectivity index (χ1v) is 12.8. The summed E-state index contributed by atoms with van der Waals surface area (Å²) in [6, 6.07) is 28.4. The third-order valence-electron chi connectivity index (χ3n) is 6.50. The van der Waals surface area contributed by atoms with Crippen molar-refractivity contribution in [3.63, 3.8) is 0 Å². The molecule has 6 nitrogen and oxygen atoms in total. The topological polar surface area (TPSA) is 86.7 Å². The zero-order chi connectivity index (χ0) is 25.0. The number of piperidine rings is 1. The number of nitrogens with two attached hydrogens (primary N) is 1. The van der Waals surface area contributed by atoms with Crippen molar-refractivity contribution in [1.29, 1.82) is 5.26 Å². The average molecular weight is 482 g/mol. The second-order valence-electron chi connectivity index (χ2n) is 9.21. The minimum absolute atomic E-state index is 0.461. The molecule has 3 N–H and O–H groups in total. The van der Waals surface area contributed by atoms with E-state index in [-0.39, 0.29) is 0 Å². The molecule has 1 saturated heterocycles. The van der Waals surface area contributed by atoms with E-state index in [1.54, 1.807) is 0 Å². The quantitative estimate of drug-likeness (QED) is 0.249. The summed E-state index contributed by atoms with van der Waals surface area (Å²) in [5.74, 6) is 2.43. The molecule has 1 aliphatic heterocycles. The lowest BCUT2D eigenvalue weighted by molar-refractivity contribution is 0.264. The summed E-state index contributed by atoms with van der Waals surface area (Å²) in [5, 5.41) is 12.5. The van der Waals surface area contributed by atoms with Crippen LogP contribution >= 0.6 is 0 Å². The van der Waals surface area contributed by atoms with Crippen molar-refractivity contribution < 1.29 is 4.74 Å². The largest absolute Gasteiger partial charge is 0.489 e. The van der Waals surface area contributed by atoms with Crippen LogP contribution in [0.3, 0.4) is 0 Å². The van der Waals surface area contributed by atoms with Crippen LogP contribution in [0, 0.1) is 17.2 Å². The highest BCUT2D eigenvalue weighted by Gasteiger charge is 2.22. The molecular weight excluding hydrogens is 446 g/mol. The molecule has 0 saturated carbocycles. The Hall–Kier alpha value is -3.82. The van der Waals surface area contributed by atoms with E-state index in [2.05, 4.69) is 46.6 Å². The lowest BCUT2D eigenvalue weighted by Gasteiger charge is -2.34. The van der Waals surface area contributed by atoms with Crippen molar-refractivity contribution in [2.45, 2.75) is 32.3 Å². The minimum atomic E-state index is 0.461. The van der Waals surface area contributed by atoms with E-state index in [4.69, 9.17) is 20.7 Å². The molecule has 0 aromatic heterocycles. The molecule has 3 aromatic rings. The first kappa shape index (κ1) is 25.3. The summed E-state index contributed by atoms with van der Waals surface area (Å²) >= 11 is 0. The van der Waals surface area contributed by atoms with E-state index in [1.165, 1.54) is 5.56 Å². The van der Waals surface area contributed by atoms with Crippen LogP contribution in [0.4, 0.5) is 5.69 Å². The van der Waals surface area contributed by atoms with Gasteiger partial charge in [0.25, 0.3) is 0 Å². The Morgan fingerprint density at radius 2 is 1.69 bits per heavy atom. The van der Waals surface area contributed by atoms with Gasteiger partial charge in [-0.25, -0.2) is 0 Å². The summed E-state index contributed by atoms with van der Waals surface area (Å²) < 4.78 is 5.92.